The SMILES string of the molecule is CNCc1cc(F)cnc1Oc1cc(C)nn1C. The molecule has 2 heterocycles. The fraction of sp³-hybridized carbons (Fsp3) is 0.333. The molecule has 0 spiro atoms. The monoisotopic (exact) mass is 250 g/mol. The molecule has 0 bridgehead atoms. The van der Waals surface area contributed by atoms with Crippen molar-refractivity contribution < 1.29 is 9.13 Å². The maximum Gasteiger partial charge on any atom is 0.225 e. The molecule has 0 saturated carbocycles. The van der Waals surface area contributed by atoms with Gasteiger partial charge in [0.25, 0.3) is 0 Å². The van der Waals surface area contributed by atoms with Crippen molar-refractivity contribution in [2.75, 3.05) is 7.05 Å². The number of aryl methyl sites for hydroxylation is 2. The highest BCUT2D eigenvalue weighted by Crippen LogP contribution is 2.23. The fourth-order valence-corrected chi connectivity index (χ4v) is 1.66. The molecule has 0 aliphatic carbocycles. The molecule has 2 aromatic heterocycles. The van der Waals surface area contributed by atoms with E-state index in [0.29, 0.717) is 23.9 Å². The standard InChI is InChI=1S/C12H15FN4O/c1-8-4-11(17(3)16-8)18-12-9(6-14-2)5-10(13)7-15-12/h4-5,7,14H,6H2,1-3H3. The summed E-state index contributed by atoms with van der Waals surface area (Å²) in [6, 6.07) is 3.20. The quantitative estimate of drug-likeness (QED) is 0.898. The molecule has 0 unspecified atom stereocenters. The molecule has 5 nitrogen and oxygen atoms in total. The molecular weight excluding hydrogens is 235 g/mol. The van der Waals surface area contributed by atoms with Crippen LogP contribution in [0.25, 0.3) is 0 Å². The summed E-state index contributed by atoms with van der Waals surface area (Å²) >= 11 is 0. The average Bonchev–Trinajstić information content (AvgIpc) is 2.62. The molecule has 96 valence electrons. The molecule has 0 radical (unpaired) electrons. The van der Waals surface area contributed by atoms with E-state index in [0.717, 1.165) is 11.9 Å². The van der Waals surface area contributed by atoms with Gasteiger partial charge in [0.1, 0.15) is 5.82 Å². The molecule has 6 heteroatoms. The van der Waals surface area contributed by atoms with Gasteiger partial charge in [-0.05, 0) is 20.0 Å². The molecule has 0 amide bonds. The van der Waals surface area contributed by atoms with Crippen LogP contribution >= 0.6 is 0 Å². The maximum atomic E-state index is 13.1. The molecule has 2 rings (SSSR count). The van der Waals surface area contributed by atoms with Gasteiger partial charge >= 0.3 is 0 Å². The highest BCUT2D eigenvalue weighted by Gasteiger charge is 2.10. The third kappa shape index (κ3) is 2.65. The van der Waals surface area contributed by atoms with Gasteiger partial charge in [0.2, 0.25) is 11.8 Å². The lowest BCUT2D eigenvalue weighted by Gasteiger charge is -2.09. The summed E-state index contributed by atoms with van der Waals surface area (Å²) in [5.41, 5.74) is 1.51. The Bertz CT molecular complexity index is 553. The lowest BCUT2D eigenvalue weighted by Crippen LogP contribution is -2.08. The van der Waals surface area contributed by atoms with E-state index >= 15 is 0 Å². The second kappa shape index (κ2) is 5.14. The van der Waals surface area contributed by atoms with Crippen molar-refractivity contribution >= 4 is 0 Å². The van der Waals surface area contributed by atoms with Crippen molar-refractivity contribution in [1.82, 2.24) is 20.1 Å². The van der Waals surface area contributed by atoms with Crippen molar-refractivity contribution in [2.24, 2.45) is 7.05 Å². The first-order chi connectivity index (χ1) is 8.60. The minimum Gasteiger partial charge on any atom is -0.421 e. The number of pyridine rings is 1. The van der Waals surface area contributed by atoms with Crippen molar-refractivity contribution in [3.63, 3.8) is 0 Å². The molecule has 1 N–H and O–H groups in total. The Hall–Kier alpha value is -1.95. The predicted octanol–water partition coefficient (Wildman–Crippen LogP) is 1.77. The Morgan fingerprint density at radius 1 is 1.44 bits per heavy atom. The van der Waals surface area contributed by atoms with Crippen LogP contribution in [-0.4, -0.2) is 21.8 Å². The Kier molecular flexibility index (Phi) is 3.57. The van der Waals surface area contributed by atoms with Gasteiger partial charge in [0.15, 0.2) is 0 Å². The molecule has 0 aliphatic heterocycles. The Morgan fingerprint density at radius 3 is 2.83 bits per heavy atom. The van der Waals surface area contributed by atoms with Gasteiger partial charge in [0, 0.05) is 25.2 Å². The van der Waals surface area contributed by atoms with E-state index in [1.54, 1.807) is 24.8 Å². The highest BCUT2D eigenvalue weighted by atomic mass is 19.1. The Balaban J connectivity index is 2.30. The van der Waals surface area contributed by atoms with E-state index in [9.17, 15) is 4.39 Å². The number of rotatable bonds is 4. The van der Waals surface area contributed by atoms with Gasteiger partial charge in [-0.3, -0.25) is 0 Å². The normalized spacial score (nSPS) is 10.7. The minimum absolute atomic E-state index is 0.381. The third-order valence-electron chi connectivity index (χ3n) is 2.42. The molecule has 0 atom stereocenters. The molecule has 0 aliphatic rings. The summed E-state index contributed by atoms with van der Waals surface area (Å²) in [7, 11) is 3.56. The van der Waals surface area contributed by atoms with Crippen LogP contribution in [0.4, 0.5) is 4.39 Å². The lowest BCUT2D eigenvalue weighted by molar-refractivity contribution is 0.407. The zero-order chi connectivity index (χ0) is 13.1. The van der Waals surface area contributed by atoms with Crippen LogP contribution in [0.15, 0.2) is 18.3 Å². The summed E-state index contributed by atoms with van der Waals surface area (Å²) in [5, 5.41) is 7.12. The first-order valence-corrected chi connectivity index (χ1v) is 5.57. The molecule has 0 saturated heterocycles. The van der Waals surface area contributed by atoms with Crippen LogP contribution in [0.5, 0.6) is 11.8 Å². The number of aromatic nitrogens is 3. The van der Waals surface area contributed by atoms with Gasteiger partial charge in [-0.2, -0.15) is 5.10 Å². The third-order valence-corrected chi connectivity index (χ3v) is 2.42. The Labute approximate surface area is 105 Å². The van der Waals surface area contributed by atoms with Crippen LogP contribution in [-0.2, 0) is 13.6 Å². The number of hydrogen-bond donors (Lipinski definition) is 1. The van der Waals surface area contributed by atoms with Crippen LogP contribution in [0.1, 0.15) is 11.3 Å². The summed E-state index contributed by atoms with van der Waals surface area (Å²) in [6.07, 6.45) is 1.14. The fourth-order valence-electron chi connectivity index (χ4n) is 1.66. The van der Waals surface area contributed by atoms with E-state index in [4.69, 9.17) is 4.74 Å². The van der Waals surface area contributed by atoms with Gasteiger partial charge in [0.05, 0.1) is 11.9 Å². The largest absolute Gasteiger partial charge is 0.421 e. The minimum atomic E-state index is -0.381. The van der Waals surface area contributed by atoms with E-state index in [1.807, 2.05) is 6.92 Å². The second-order valence-electron chi connectivity index (χ2n) is 4.00. The number of nitrogens with zero attached hydrogens (tertiary/aromatic N) is 3. The van der Waals surface area contributed by atoms with Gasteiger partial charge < -0.3 is 10.1 Å². The topological polar surface area (TPSA) is 52.0 Å². The first kappa shape index (κ1) is 12.5. The maximum absolute atomic E-state index is 13.1. The molecule has 18 heavy (non-hydrogen) atoms. The number of ether oxygens (including phenoxy) is 1. The van der Waals surface area contributed by atoms with Crippen LogP contribution in [0, 0.1) is 12.7 Å². The van der Waals surface area contributed by atoms with E-state index in [1.165, 1.54) is 6.07 Å². The van der Waals surface area contributed by atoms with Gasteiger partial charge in [-0.15, -0.1) is 0 Å². The lowest BCUT2D eigenvalue weighted by atomic mass is 10.2. The highest BCUT2D eigenvalue weighted by molar-refractivity contribution is 5.30. The van der Waals surface area contributed by atoms with E-state index in [2.05, 4.69) is 15.4 Å². The zero-order valence-corrected chi connectivity index (χ0v) is 10.6. The summed E-state index contributed by atoms with van der Waals surface area (Å²) in [6.45, 7) is 2.36. The summed E-state index contributed by atoms with van der Waals surface area (Å²) in [5.74, 6) is 0.575. The number of nitrogens with one attached hydrogen (secondary N) is 1. The van der Waals surface area contributed by atoms with Crippen molar-refractivity contribution in [1.29, 1.82) is 0 Å². The smallest absolute Gasteiger partial charge is 0.225 e. The molecule has 0 aromatic carbocycles. The van der Waals surface area contributed by atoms with Crippen LogP contribution in [0.3, 0.4) is 0 Å². The first-order valence-electron chi connectivity index (χ1n) is 5.57. The molecule has 2 aromatic rings. The van der Waals surface area contributed by atoms with Gasteiger partial charge in [-0.1, -0.05) is 0 Å². The molecule has 0 fully saturated rings. The summed E-state index contributed by atoms with van der Waals surface area (Å²) < 4.78 is 20.4. The predicted molar refractivity (Wildman–Crippen MR) is 65.0 cm³/mol. The van der Waals surface area contributed by atoms with Gasteiger partial charge in [-0.25, -0.2) is 14.1 Å². The zero-order valence-electron chi connectivity index (χ0n) is 10.6. The van der Waals surface area contributed by atoms with Crippen molar-refractivity contribution in [2.45, 2.75) is 13.5 Å². The van der Waals surface area contributed by atoms with Crippen LogP contribution in [0.2, 0.25) is 0 Å². The van der Waals surface area contributed by atoms with E-state index in [-0.39, 0.29) is 5.82 Å². The van der Waals surface area contributed by atoms with Crippen molar-refractivity contribution in [3.05, 3.63) is 35.4 Å². The Morgan fingerprint density at radius 2 is 2.22 bits per heavy atom. The number of hydrogen-bond acceptors (Lipinski definition) is 4. The molecular formula is C12H15FN4O. The average molecular weight is 250 g/mol. The summed E-state index contributed by atoms with van der Waals surface area (Å²) in [4.78, 5) is 3.96. The second-order valence-corrected chi connectivity index (χ2v) is 4.00. The van der Waals surface area contributed by atoms with E-state index < -0.39 is 0 Å². The number of halogens is 1. The van der Waals surface area contributed by atoms with Crippen molar-refractivity contribution in [3.8, 4) is 11.8 Å². The van der Waals surface area contributed by atoms with Crippen LogP contribution < -0.4 is 10.1 Å².